The van der Waals surface area contributed by atoms with E-state index in [9.17, 15) is 0 Å². The molecule has 1 aromatic heterocycles. The van der Waals surface area contributed by atoms with Crippen molar-refractivity contribution < 1.29 is 0 Å². The number of fused-ring (bicyclic) bond motifs is 1. The van der Waals surface area contributed by atoms with Crippen LogP contribution in [0.5, 0.6) is 0 Å². The molecule has 1 heterocycles. The fourth-order valence-corrected chi connectivity index (χ4v) is 2.29. The molecule has 3 rings (SSSR count). The lowest BCUT2D eigenvalue weighted by Crippen LogP contribution is -1.81. The summed E-state index contributed by atoms with van der Waals surface area (Å²) in [7, 11) is 0. The Morgan fingerprint density at radius 1 is 1.06 bits per heavy atom. The van der Waals surface area contributed by atoms with Gasteiger partial charge in [0, 0.05) is 22.7 Å². The Hall–Kier alpha value is -2.53. The number of aryl methyl sites for hydroxylation is 1. The summed E-state index contributed by atoms with van der Waals surface area (Å²) in [5, 5.41) is 10.1. The molecule has 0 aliphatic rings. The van der Waals surface area contributed by atoms with Crippen molar-refractivity contribution in [2.24, 2.45) is 0 Å². The third kappa shape index (κ3) is 1.57. The van der Waals surface area contributed by atoms with Gasteiger partial charge in [0.25, 0.3) is 0 Å². The van der Waals surface area contributed by atoms with Crippen LogP contribution in [0.4, 0.5) is 0 Å². The fourth-order valence-electron chi connectivity index (χ4n) is 2.29. The van der Waals surface area contributed by atoms with Gasteiger partial charge in [-0.05, 0) is 36.2 Å². The fraction of sp³-hybridized carbons (Fsp3) is 0.0625. The Morgan fingerprint density at radius 2 is 1.89 bits per heavy atom. The Kier molecular flexibility index (Phi) is 2.39. The number of rotatable bonds is 1. The second-order valence-electron chi connectivity index (χ2n) is 4.39. The number of hydrogen-bond acceptors (Lipinski definition) is 1. The highest BCUT2D eigenvalue weighted by Crippen LogP contribution is 2.31. The lowest BCUT2D eigenvalue weighted by Gasteiger charge is -2.04. The van der Waals surface area contributed by atoms with Crippen molar-refractivity contribution in [1.82, 2.24) is 4.98 Å². The quantitative estimate of drug-likeness (QED) is 0.676. The summed E-state index contributed by atoms with van der Waals surface area (Å²) in [4.78, 5) is 3.26. The van der Waals surface area contributed by atoms with Gasteiger partial charge >= 0.3 is 0 Å². The van der Waals surface area contributed by atoms with E-state index in [0.717, 1.165) is 16.5 Å². The Bertz CT molecular complexity index is 760. The molecule has 0 radical (unpaired) electrons. The number of nitrogens with one attached hydrogen (secondary N) is 1. The number of hydrogen-bond donors (Lipinski definition) is 1. The molecule has 0 aliphatic heterocycles. The summed E-state index contributed by atoms with van der Waals surface area (Å²) in [6.07, 6.45) is 2.01. The van der Waals surface area contributed by atoms with Crippen molar-refractivity contribution in [3.05, 3.63) is 59.8 Å². The Balaban J connectivity index is 2.31. The van der Waals surface area contributed by atoms with Crippen LogP contribution >= 0.6 is 0 Å². The molecule has 0 bridgehead atoms. The van der Waals surface area contributed by atoms with Gasteiger partial charge in [-0.25, -0.2) is 0 Å². The monoisotopic (exact) mass is 232 g/mol. The molecule has 0 aliphatic carbocycles. The Morgan fingerprint density at radius 3 is 2.67 bits per heavy atom. The summed E-state index contributed by atoms with van der Waals surface area (Å²) in [6.45, 7) is 2.10. The molecule has 1 N–H and O–H groups in total. The van der Waals surface area contributed by atoms with Gasteiger partial charge in [0.15, 0.2) is 0 Å². The van der Waals surface area contributed by atoms with Gasteiger partial charge in [0.1, 0.15) is 0 Å². The van der Waals surface area contributed by atoms with Crippen molar-refractivity contribution >= 4 is 10.9 Å². The van der Waals surface area contributed by atoms with Crippen molar-refractivity contribution in [1.29, 1.82) is 5.26 Å². The molecule has 2 heteroatoms. The zero-order valence-corrected chi connectivity index (χ0v) is 10.1. The average Bonchev–Trinajstić information content (AvgIpc) is 2.82. The third-order valence-corrected chi connectivity index (χ3v) is 3.25. The zero-order valence-electron chi connectivity index (χ0n) is 10.1. The molecule has 0 atom stereocenters. The minimum absolute atomic E-state index is 0.692. The molecular formula is C16H12N2. The smallest absolute Gasteiger partial charge is 0.0991 e. The summed E-state index contributed by atoms with van der Waals surface area (Å²) in [5.41, 5.74) is 5.35. The number of benzene rings is 2. The van der Waals surface area contributed by atoms with Crippen LogP contribution in [0.1, 0.15) is 11.1 Å². The van der Waals surface area contributed by atoms with Crippen LogP contribution in [0.2, 0.25) is 0 Å². The number of aromatic nitrogens is 1. The summed E-state index contributed by atoms with van der Waals surface area (Å²) >= 11 is 0. The predicted molar refractivity (Wildman–Crippen MR) is 73.2 cm³/mol. The van der Waals surface area contributed by atoms with Gasteiger partial charge in [-0.15, -0.1) is 0 Å². The van der Waals surface area contributed by atoms with Gasteiger partial charge in [0.2, 0.25) is 0 Å². The molecule has 0 spiro atoms. The summed E-state index contributed by atoms with van der Waals surface area (Å²) in [5.74, 6) is 0. The average molecular weight is 232 g/mol. The predicted octanol–water partition coefficient (Wildman–Crippen LogP) is 4.02. The van der Waals surface area contributed by atoms with Gasteiger partial charge in [-0.2, -0.15) is 5.26 Å². The molecule has 0 unspecified atom stereocenters. The topological polar surface area (TPSA) is 39.6 Å². The van der Waals surface area contributed by atoms with Crippen molar-refractivity contribution in [3.8, 4) is 17.2 Å². The van der Waals surface area contributed by atoms with E-state index in [1.54, 1.807) is 0 Å². The van der Waals surface area contributed by atoms with Crippen LogP contribution in [-0.2, 0) is 0 Å². The lowest BCUT2D eigenvalue weighted by atomic mass is 9.99. The Labute approximate surface area is 106 Å². The first kappa shape index (κ1) is 10.6. The SMILES string of the molecule is Cc1ccccc1-c1c[nH]c2ccc(C#N)cc12. The largest absolute Gasteiger partial charge is 0.361 e. The third-order valence-electron chi connectivity index (χ3n) is 3.25. The minimum atomic E-state index is 0.692. The normalized spacial score (nSPS) is 10.4. The highest BCUT2D eigenvalue weighted by Gasteiger charge is 2.08. The van der Waals surface area contributed by atoms with E-state index in [-0.39, 0.29) is 0 Å². The van der Waals surface area contributed by atoms with Crippen LogP contribution in [0, 0.1) is 18.3 Å². The van der Waals surface area contributed by atoms with Crippen LogP contribution in [0.25, 0.3) is 22.0 Å². The maximum atomic E-state index is 8.99. The van der Waals surface area contributed by atoms with Crippen LogP contribution < -0.4 is 0 Å². The molecule has 2 nitrogen and oxygen atoms in total. The number of aromatic amines is 1. The molecule has 2 aromatic carbocycles. The first-order chi connectivity index (χ1) is 8.79. The summed E-state index contributed by atoms with van der Waals surface area (Å²) < 4.78 is 0. The second kappa shape index (κ2) is 4.05. The van der Waals surface area contributed by atoms with Crippen molar-refractivity contribution in [2.75, 3.05) is 0 Å². The van der Waals surface area contributed by atoms with E-state index in [0.29, 0.717) is 5.56 Å². The highest BCUT2D eigenvalue weighted by molar-refractivity contribution is 5.96. The van der Waals surface area contributed by atoms with Crippen LogP contribution in [-0.4, -0.2) is 4.98 Å². The zero-order chi connectivity index (χ0) is 12.5. The first-order valence-corrected chi connectivity index (χ1v) is 5.87. The molecule has 0 saturated carbocycles. The van der Waals surface area contributed by atoms with Gasteiger partial charge in [-0.1, -0.05) is 24.3 Å². The molecule has 18 heavy (non-hydrogen) atoms. The maximum Gasteiger partial charge on any atom is 0.0991 e. The number of nitrogens with zero attached hydrogens (tertiary/aromatic N) is 1. The lowest BCUT2D eigenvalue weighted by molar-refractivity contribution is 1.44. The molecule has 3 aromatic rings. The van der Waals surface area contributed by atoms with E-state index in [4.69, 9.17) is 5.26 Å². The molecule has 0 saturated heterocycles. The number of H-pyrrole nitrogens is 1. The maximum absolute atomic E-state index is 8.99. The second-order valence-corrected chi connectivity index (χ2v) is 4.39. The van der Waals surface area contributed by atoms with E-state index in [1.807, 2.05) is 36.5 Å². The van der Waals surface area contributed by atoms with Crippen LogP contribution in [0.3, 0.4) is 0 Å². The first-order valence-electron chi connectivity index (χ1n) is 5.87. The van der Waals surface area contributed by atoms with E-state index in [2.05, 4.69) is 30.1 Å². The minimum Gasteiger partial charge on any atom is -0.361 e. The van der Waals surface area contributed by atoms with E-state index >= 15 is 0 Å². The molecule has 0 fully saturated rings. The van der Waals surface area contributed by atoms with Gasteiger partial charge in [-0.3, -0.25) is 0 Å². The van der Waals surface area contributed by atoms with Crippen molar-refractivity contribution in [3.63, 3.8) is 0 Å². The standard InChI is InChI=1S/C16H12N2/c1-11-4-2-3-5-13(11)15-10-18-16-7-6-12(9-17)8-14(15)16/h2-8,10,18H,1H3. The van der Waals surface area contributed by atoms with Crippen molar-refractivity contribution in [2.45, 2.75) is 6.92 Å². The highest BCUT2D eigenvalue weighted by atomic mass is 14.7. The van der Waals surface area contributed by atoms with Gasteiger partial charge in [0.05, 0.1) is 11.6 Å². The molecular weight excluding hydrogens is 220 g/mol. The molecule has 0 amide bonds. The van der Waals surface area contributed by atoms with Gasteiger partial charge < -0.3 is 4.98 Å². The molecule has 86 valence electrons. The number of nitriles is 1. The van der Waals surface area contributed by atoms with E-state index in [1.165, 1.54) is 11.1 Å². The van der Waals surface area contributed by atoms with E-state index < -0.39 is 0 Å². The summed E-state index contributed by atoms with van der Waals surface area (Å²) in [6, 6.07) is 16.2. The van der Waals surface area contributed by atoms with Crippen LogP contribution in [0.15, 0.2) is 48.7 Å².